The van der Waals surface area contributed by atoms with Gasteiger partial charge in [-0.1, -0.05) is 91.0 Å². The van der Waals surface area contributed by atoms with Gasteiger partial charge >= 0.3 is 7.69 Å². The van der Waals surface area contributed by atoms with E-state index in [1.165, 1.54) is 65.1 Å². The van der Waals surface area contributed by atoms with Crippen LogP contribution >= 0.6 is 0 Å². The van der Waals surface area contributed by atoms with Gasteiger partial charge in [0.15, 0.2) is 0 Å². The van der Waals surface area contributed by atoms with E-state index in [0.717, 1.165) is 41.1 Å². The van der Waals surface area contributed by atoms with Gasteiger partial charge in [0, 0.05) is 16.2 Å². The highest BCUT2D eigenvalue weighted by molar-refractivity contribution is 6.23. The van der Waals surface area contributed by atoms with Crippen LogP contribution in [0.2, 0.25) is 0 Å². The number of fused-ring (bicyclic) bond motifs is 6. The molecule has 0 saturated heterocycles. The maximum Gasteiger partial charge on any atom is 0.569 e. The third-order valence-corrected chi connectivity index (χ3v) is 11.9. The zero-order valence-electron chi connectivity index (χ0n) is 24.1. The van der Waals surface area contributed by atoms with E-state index in [-0.39, 0.29) is 5.41 Å². The zero-order chi connectivity index (χ0) is 28.3. The summed E-state index contributed by atoms with van der Waals surface area (Å²) in [6.45, 7) is 0. The minimum absolute atomic E-state index is 0.0959. The van der Waals surface area contributed by atoms with Crippen LogP contribution < -0.4 is 4.65 Å². The summed E-state index contributed by atoms with van der Waals surface area (Å²) < 4.78 is 5.81. The highest BCUT2D eigenvalue weighted by atomic mass is 16.5. The fraction of sp³-hybridized carbons (Fsp3) is 0.250. The second kappa shape index (κ2) is 8.74. The molecule has 207 valence electrons. The van der Waals surface area contributed by atoms with Crippen molar-refractivity contribution in [3.8, 4) is 28.0 Å². The van der Waals surface area contributed by atoms with Crippen LogP contribution in [0, 0.1) is 23.7 Å². The lowest BCUT2D eigenvalue weighted by Gasteiger charge is -2.61. The molecule has 1 radical (unpaired) electrons. The first kappa shape index (κ1) is 24.4. The first-order valence-corrected chi connectivity index (χ1v) is 16.0. The second-order valence-electron chi connectivity index (χ2n) is 13.7. The number of benzene rings is 6. The van der Waals surface area contributed by atoms with Gasteiger partial charge in [-0.15, -0.1) is 0 Å². The Labute approximate surface area is 252 Å². The van der Waals surface area contributed by atoms with Crippen molar-refractivity contribution in [2.75, 3.05) is 0 Å². The van der Waals surface area contributed by atoms with Crippen LogP contribution in [-0.4, -0.2) is 12.7 Å². The highest BCUT2D eigenvalue weighted by Crippen LogP contribution is 2.70. The molecule has 6 aromatic carbocycles. The lowest BCUT2D eigenvalue weighted by Crippen LogP contribution is -2.55. The van der Waals surface area contributed by atoms with Gasteiger partial charge < -0.3 is 9.68 Å². The molecule has 4 saturated carbocycles. The molecule has 0 aliphatic heterocycles. The van der Waals surface area contributed by atoms with E-state index in [1.807, 2.05) is 0 Å². The normalized spacial score (nSPS) is 26.3. The Hall–Kier alpha value is -4.08. The Balaban J connectivity index is 1.35. The van der Waals surface area contributed by atoms with Gasteiger partial charge in [0.25, 0.3) is 0 Å². The average Bonchev–Trinajstić information content (AvgIpc) is 3.32. The molecular formula is C40H32BO2. The van der Waals surface area contributed by atoms with Crippen LogP contribution in [0.25, 0.3) is 54.6 Å². The summed E-state index contributed by atoms with van der Waals surface area (Å²) in [4.78, 5) is 0. The first-order valence-electron chi connectivity index (χ1n) is 16.0. The molecule has 1 N–H and O–H groups in total. The lowest BCUT2D eigenvalue weighted by molar-refractivity contribution is -0.0398. The summed E-state index contributed by atoms with van der Waals surface area (Å²) in [6, 6.07) is 38.3. The van der Waals surface area contributed by atoms with Crippen LogP contribution in [0.5, 0.6) is 5.75 Å². The SMILES string of the molecule is O[B]Oc1c2ccccc2c(-c2cccc3c2-c2cc4ccccc4cc2C32C3CC4CC(C3)CC2C4)c2ccccc12. The van der Waals surface area contributed by atoms with E-state index in [0.29, 0.717) is 17.6 Å². The third-order valence-electron chi connectivity index (χ3n) is 11.9. The van der Waals surface area contributed by atoms with E-state index in [1.54, 1.807) is 11.1 Å². The molecule has 0 amide bonds. The Bertz CT molecular complexity index is 2040. The largest absolute Gasteiger partial charge is 0.569 e. The van der Waals surface area contributed by atoms with Crippen LogP contribution in [0.1, 0.15) is 43.2 Å². The maximum atomic E-state index is 9.74. The molecule has 0 unspecified atom stereocenters. The second-order valence-corrected chi connectivity index (χ2v) is 13.7. The molecule has 2 nitrogen and oxygen atoms in total. The van der Waals surface area contributed by atoms with Crippen LogP contribution in [0.3, 0.4) is 0 Å². The number of hydrogen-bond donors (Lipinski definition) is 1. The van der Waals surface area contributed by atoms with Crippen molar-refractivity contribution >= 4 is 40.0 Å². The fourth-order valence-electron chi connectivity index (χ4n) is 10.7. The Morgan fingerprint density at radius 2 is 1.14 bits per heavy atom. The lowest BCUT2D eigenvalue weighted by atomic mass is 9.43. The summed E-state index contributed by atoms with van der Waals surface area (Å²) in [5.41, 5.74) is 8.70. The topological polar surface area (TPSA) is 29.5 Å². The Morgan fingerprint density at radius 1 is 0.558 bits per heavy atom. The van der Waals surface area contributed by atoms with Crippen LogP contribution in [0.15, 0.2) is 103 Å². The van der Waals surface area contributed by atoms with Crippen LogP contribution in [-0.2, 0) is 5.41 Å². The summed E-state index contributed by atoms with van der Waals surface area (Å²) in [7, 11) is 0.811. The fourth-order valence-corrected chi connectivity index (χ4v) is 10.7. The van der Waals surface area contributed by atoms with Crippen molar-refractivity contribution in [3.63, 3.8) is 0 Å². The number of hydrogen-bond acceptors (Lipinski definition) is 2. The standard InChI is InChI=1S/C40H32BO2/c42-41-43-39-31-12-5-3-10-29(31)37(30-11-4-6-13-32(30)39)33-14-7-15-35-38(33)34-21-25-8-1-2-9-26(25)22-36(34)40(35)27-17-23-16-24(19-27)20-28(40)18-23/h1-15,21-24,27-28,42H,16-20H2. The quantitative estimate of drug-likeness (QED) is 0.174. The maximum absolute atomic E-state index is 9.74. The summed E-state index contributed by atoms with van der Waals surface area (Å²) in [6.07, 6.45) is 6.95. The molecule has 4 bridgehead atoms. The molecule has 0 heterocycles. The molecule has 3 heteroatoms. The van der Waals surface area contributed by atoms with Crippen molar-refractivity contribution in [3.05, 3.63) is 114 Å². The third kappa shape index (κ3) is 3.09. The molecule has 6 aromatic rings. The summed E-state index contributed by atoms with van der Waals surface area (Å²) in [5.74, 6) is 3.95. The molecule has 43 heavy (non-hydrogen) atoms. The average molecular weight is 556 g/mol. The highest BCUT2D eigenvalue weighted by Gasteiger charge is 2.61. The molecule has 5 aliphatic carbocycles. The van der Waals surface area contributed by atoms with Gasteiger partial charge in [-0.05, 0) is 123 Å². The van der Waals surface area contributed by atoms with Gasteiger partial charge in [-0.25, -0.2) is 0 Å². The predicted molar refractivity (Wildman–Crippen MR) is 176 cm³/mol. The van der Waals surface area contributed by atoms with Crippen molar-refractivity contribution in [1.82, 2.24) is 0 Å². The van der Waals surface area contributed by atoms with Gasteiger partial charge in [-0.2, -0.15) is 0 Å². The van der Waals surface area contributed by atoms with Crippen molar-refractivity contribution in [2.24, 2.45) is 23.7 Å². The molecule has 0 atom stereocenters. The van der Waals surface area contributed by atoms with E-state index in [2.05, 4.69) is 103 Å². The predicted octanol–water partition coefficient (Wildman–Crippen LogP) is 9.44. The molecule has 11 rings (SSSR count). The monoisotopic (exact) mass is 555 g/mol. The molecule has 1 spiro atoms. The molecule has 5 aliphatic rings. The van der Waals surface area contributed by atoms with Crippen molar-refractivity contribution in [1.29, 1.82) is 0 Å². The van der Waals surface area contributed by atoms with Crippen LogP contribution in [0.4, 0.5) is 0 Å². The van der Waals surface area contributed by atoms with E-state index in [4.69, 9.17) is 4.65 Å². The minimum Gasteiger partial charge on any atom is -0.537 e. The molecule has 0 aromatic heterocycles. The summed E-state index contributed by atoms with van der Waals surface area (Å²) in [5, 5.41) is 16.8. The zero-order valence-corrected chi connectivity index (χ0v) is 24.1. The smallest absolute Gasteiger partial charge is 0.537 e. The number of rotatable bonds is 3. The molecule has 4 fully saturated rings. The molecular weight excluding hydrogens is 523 g/mol. The van der Waals surface area contributed by atoms with Gasteiger partial charge in [0.2, 0.25) is 0 Å². The van der Waals surface area contributed by atoms with E-state index >= 15 is 0 Å². The Morgan fingerprint density at radius 3 is 1.77 bits per heavy atom. The minimum atomic E-state index is 0.0959. The van der Waals surface area contributed by atoms with E-state index < -0.39 is 0 Å². The van der Waals surface area contributed by atoms with Gasteiger partial charge in [-0.3, -0.25) is 0 Å². The summed E-state index contributed by atoms with van der Waals surface area (Å²) >= 11 is 0. The van der Waals surface area contributed by atoms with Crippen molar-refractivity contribution < 1.29 is 9.68 Å². The van der Waals surface area contributed by atoms with Crippen molar-refractivity contribution in [2.45, 2.75) is 37.5 Å². The van der Waals surface area contributed by atoms with E-state index in [9.17, 15) is 5.02 Å². The van der Waals surface area contributed by atoms with Gasteiger partial charge in [0.1, 0.15) is 5.75 Å². The first-order chi connectivity index (χ1) is 21.3. The Kier molecular flexibility index (Phi) is 4.95. The van der Waals surface area contributed by atoms with Gasteiger partial charge in [0.05, 0.1) is 0 Å².